The molecule has 0 radical (unpaired) electrons. The van der Waals surface area contributed by atoms with Crippen molar-refractivity contribution < 1.29 is 0 Å². The van der Waals surface area contributed by atoms with Gasteiger partial charge in [0.15, 0.2) is 0 Å². The number of anilines is 8. The lowest BCUT2D eigenvalue weighted by Gasteiger charge is -2.56. The molecule has 5 aliphatic heterocycles. The van der Waals surface area contributed by atoms with E-state index < -0.39 is 10.8 Å². The first-order valence-corrected chi connectivity index (χ1v) is 24.0. The second kappa shape index (κ2) is 11.8. The number of rotatable bonds is 1. The Morgan fingerprint density at radius 3 is 1.25 bits per heavy atom. The zero-order chi connectivity index (χ0) is 43.5. The largest absolute Gasteiger partial charge is 0.335 e. The van der Waals surface area contributed by atoms with Gasteiger partial charge in [-0.05, 0) is 138 Å². The van der Waals surface area contributed by atoms with E-state index in [-0.39, 0.29) is 12.8 Å². The van der Waals surface area contributed by atoms with E-state index in [1.165, 1.54) is 134 Å². The first-order chi connectivity index (χ1) is 33.2. The molecule has 0 N–H and O–H groups in total. The van der Waals surface area contributed by atoms with E-state index in [9.17, 15) is 0 Å². The number of allylic oxidation sites excluding steroid dienone is 2. The van der Waals surface area contributed by atoms with Gasteiger partial charge in [-0.15, -0.1) is 0 Å². The molecule has 9 aromatic carbocycles. The molecule has 4 heteroatoms. The van der Waals surface area contributed by atoms with Gasteiger partial charge in [0.1, 0.15) is 0 Å². The van der Waals surface area contributed by atoms with E-state index >= 15 is 0 Å². The summed E-state index contributed by atoms with van der Waals surface area (Å²) in [5.41, 5.74) is 31.1. The van der Waals surface area contributed by atoms with Crippen LogP contribution in [-0.2, 0) is 10.8 Å². The predicted molar refractivity (Wildman–Crippen MR) is 276 cm³/mol. The summed E-state index contributed by atoms with van der Waals surface area (Å²) in [7, 11) is 0. The standard InChI is InChI=1S/C63H40BN3/c1-37-35-55-57-56(36-37)67-52-30-16-14-28-48(52)63(45-25-11-7-21-41(45)42-22-8-12-26-46(42)63)50-32-34-54-59(61(50)67)64(57)58-53(65(54)38-17-3-2-4-18-38)33-31-49-60(58)66(55)51-29-15-13-27-47(51)62(49)43-23-9-5-19-39(43)40-20-6-10-24-44(40)62/h2-17,19-36,38H,18H2,1H3. The molecule has 67 heavy (non-hydrogen) atoms. The number of hydrogen-bond donors (Lipinski definition) is 0. The van der Waals surface area contributed by atoms with Crippen molar-refractivity contribution in [3.05, 3.63) is 256 Å². The van der Waals surface area contributed by atoms with Gasteiger partial charge >= 0.3 is 0 Å². The molecule has 17 rings (SSSR count). The second-order valence-corrected chi connectivity index (χ2v) is 19.8. The number of nitrogens with zero attached hydrogens (tertiary/aromatic N) is 3. The maximum Gasteiger partial charge on any atom is 0.257 e. The summed E-state index contributed by atoms with van der Waals surface area (Å²) in [6.45, 7) is 2.31. The highest BCUT2D eigenvalue weighted by Crippen LogP contribution is 2.68. The Balaban J connectivity index is 1.07. The van der Waals surface area contributed by atoms with Crippen molar-refractivity contribution in [2.45, 2.75) is 30.2 Å². The van der Waals surface area contributed by atoms with E-state index in [1.807, 2.05) is 0 Å². The van der Waals surface area contributed by atoms with Gasteiger partial charge in [0.05, 0.1) is 28.2 Å². The Labute approximate surface area is 390 Å². The van der Waals surface area contributed by atoms with Crippen molar-refractivity contribution in [3.8, 4) is 22.3 Å². The van der Waals surface area contributed by atoms with E-state index in [0.717, 1.165) is 6.42 Å². The molecular formula is C63H40BN3. The molecule has 9 aromatic rings. The SMILES string of the molecule is Cc1cc2c3c(c1)N1c4ccccc4C4(c5ccccc5-c5ccccc54)c4ccc5c(c41)B3c1c(ccc3c1N2c1ccccc1C31c2ccccc2-c2ccccc21)N5C1C=CC=CC1. The minimum absolute atomic E-state index is 0.00392. The predicted octanol–water partition coefficient (Wildman–Crippen LogP) is 12.8. The van der Waals surface area contributed by atoms with Crippen LogP contribution in [0.15, 0.2) is 206 Å². The molecule has 3 aliphatic carbocycles. The molecule has 5 heterocycles. The number of hydrogen-bond acceptors (Lipinski definition) is 3. The lowest BCUT2D eigenvalue weighted by atomic mass is 9.30. The van der Waals surface area contributed by atoms with E-state index in [1.54, 1.807) is 0 Å². The summed E-state index contributed by atoms with van der Waals surface area (Å²) < 4.78 is 0. The molecule has 0 bridgehead atoms. The van der Waals surface area contributed by atoms with Crippen LogP contribution in [0, 0.1) is 6.92 Å². The Bertz CT molecular complexity index is 3550. The number of fused-ring (bicyclic) bond motifs is 20. The van der Waals surface area contributed by atoms with E-state index in [0.29, 0.717) is 0 Å². The van der Waals surface area contributed by atoms with Crippen molar-refractivity contribution in [2.24, 2.45) is 0 Å². The van der Waals surface area contributed by atoms with Crippen molar-refractivity contribution in [1.29, 1.82) is 0 Å². The highest BCUT2D eigenvalue weighted by atomic mass is 15.2. The van der Waals surface area contributed by atoms with Crippen molar-refractivity contribution >= 4 is 68.6 Å². The van der Waals surface area contributed by atoms with Gasteiger partial charge in [-0.25, -0.2) is 0 Å². The average molecular weight is 850 g/mol. The molecule has 2 spiro atoms. The maximum absolute atomic E-state index is 2.73. The smallest absolute Gasteiger partial charge is 0.257 e. The Morgan fingerprint density at radius 2 is 0.821 bits per heavy atom. The fourth-order valence-corrected chi connectivity index (χ4v) is 15.0. The highest BCUT2D eigenvalue weighted by molar-refractivity contribution is 7.02. The summed E-state index contributed by atoms with van der Waals surface area (Å²) in [6, 6.07) is 70.9. The number of benzene rings is 9. The van der Waals surface area contributed by atoms with E-state index in [2.05, 4.69) is 228 Å². The van der Waals surface area contributed by atoms with Gasteiger partial charge in [-0.1, -0.05) is 170 Å². The lowest BCUT2D eigenvalue weighted by molar-refractivity contribution is 0.746. The van der Waals surface area contributed by atoms with Gasteiger partial charge < -0.3 is 14.7 Å². The summed E-state index contributed by atoms with van der Waals surface area (Å²) >= 11 is 0. The Morgan fingerprint density at radius 1 is 0.403 bits per heavy atom. The van der Waals surface area contributed by atoms with Crippen LogP contribution in [0.5, 0.6) is 0 Å². The molecule has 3 nitrogen and oxygen atoms in total. The van der Waals surface area contributed by atoms with Gasteiger partial charge in [0.25, 0.3) is 6.71 Å². The molecule has 1 unspecified atom stereocenters. The van der Waals surface area contributed by atoms with E-state index in [4.69, 9.17) is 0 Å². The topological polar surface area (TPSA) is 9.72 Å². The first-order valence-electron chi connectivity index (χ1n) is 24.0. The fraction of sp³-hybridized carbons (Fsp3) is 0.0794. The van der Waals surface area contributed by atoms with Crippen LogP contribution in [0.2, 0.25) is 0 Å². The van der Waals surface area contributed by atoms with Crippen molar-refractivity contribution in [2.75, 3.05) is 14.7 Å². The highest BCUT2D eigenvalue weighted by Gasteiger charge is 2.60. The third kappa shape index (κ3) is 3.75. The Hall–Kier alpha value is -8.08. The van der Waals surface area contributed by atoms with Crippen LogP contribution in [0.3, 0.4) is 0 Å². The van der Waals surface area contributed by atoms with Crippen LogP contribution in [0.4, 0.5) is 45.5 Å². The number of aryl methyl sites for hydroxylation is 1. The molecular weight excluding hydrogens is 810 g/mol. The zero-order valence-electron chi connectivity index (χ0n) is 36.8. The summed E-state index contributed by atoms with van der Waals surface area (Å²) in [5, 5.41) is 0. The lowest BCUT2D eigenvalue weighted by Crippen LogP contribution is -2.67. The zero-order valence-corrected chi connectivity index (χ0v) is 36.8. The molecule has 0 saturated heterocycles. The second-order valence-electron chi connectivity index (χ2n) is 19.8. The van der Waals surface area contributed by atoms with Crippen molar-refractivity contribution in [3.63, 3.8) is 0 Å². The van der Waals surface area contributed by atoms with Crippen LogP contribution in [-0.4, -0.2) is 12.8 Å². The molecule has 8 aliphatic rings. The van der Waals surface area contributed by atoms with Crippen LogP contribution in [0.1, 0.15) is 56.5 Å². The average Bonchev–Trinajstić information content (AvgIpc) is 3.84. The van der Waals surface area contributed by atoms with Gasteiger partial charge in [-0.2, -0.15) is 0 Å². The Kier molecular flexibility index (Phi) is 6.22. The van der Waals surface area contributed by atoms with Crippen LogP contribution >= 0.6 is 0 Å². The minimum Gasteiger partial charge on any atom is -0.335 e. The molecule has 0 fully saturated rings. The minimum atomic E-state index is -0.509. The van der Waals surface area contributed by atoms with Gasteiger partial charge in [0, 0.05) is 34.1 Å². The first kappa shape index (κ1) is 35.2. The molecule has 0 aromatic heterocycles. The molecule has 310 valence electrons. The van der Waals surface area contributed by atoms with Crippen LogP contribution in [0.25, 0.3) is 22.3 Å². The third-order valence-corrected chi connectivity index (χ3v) is 17.1. The molecule has 1 atom stereocenters. The maximum atomic E-state index is 2.73. The summed E-state index contributed by atoms with van der Waals surface area (Å²) in [4.78, 5) is 8.14. The summed E-state index contributed by atoms with van der Waals surface area (Å²) in [5.74, 6) is 0. The van der Waals surface area contributed by atoms with Crippen molar-refractivity contribution in [1.82, 2.24) is 0 Å². The molecule has 0 saturated carbocycles. The summed E-state index contributed by atoms with van der Waals surface area (Å²) in [6.07, 6.45) is 10.2. The van der Waals surface area contributed by atoms with Gasteiger partial charge in [0.2, 0.25) is 0 Å². The number of para-hydroxylation sites is 2. The normalized spacial score (nSPS) is 18.0. The quantitative estimate of drug-likeness (QED) is 0.152. The monoisotopic (exact) mass is 849 g/mol. The molecule has 0 amide bonds. The third-order valence-electron chi connectivity index (χ3n) is 17.1. The fourth-order valence-electron chi connectivity index (χ4n) is 15.0. The van der Waals surface area contributed by atoms with Crippen LogP contribution < -0.4 is 31.1 Å². The van der Waals surface area contributed by atoms with Gasteiger partial charge in [-0.3, -0.25) is 0 Å².